The zero-order valence-electron chi connectivity index (χ0n) is 24.2. The molecular formula is C42H25NS2. The quantitative estimate of drug-likeness (QED) is 0.188. The van der Waals surface area contributed by atoms with Crippen molar-refractivity contribution in [2.45, 2.75) is 0 Å². The molecule has 0 aliphatic heterocycles. The molecule has 210 valence electrons. The molecule has 0 atom stereocenters. The predicted molar refractivity (Wildman–Crippen MR) is 197 cm³/mol. The van der Waals surface area contributed by atoms with Gasteiger partial charge in [0.15, 0.2) is 0 Å². The monoisotopic (exact) mass is 607 g/mol. The number of rotatable bonds is 3. The van der Waals surface area contributed by atoms with E-state index in [1.165, 1.54) is 90.1 Å². The fraction of sp³-hybridized carbons (Fsp3) is 0. The van der Waals surface area contributed by atoms with Crippen molar-refractivity contribution >= 4 is 84.8 Å². The molecule has 10 aromatic rings. The molecule has 0 amide bonds. The minimum Gasteiger partial charge on any atom is -0.308 e. The van der Waals surface area contributed by atoms with E-state index in [0.717, 1.165) is 0 Å². The maximum Gasteiger partial charge on any atom is 0.0640 e. The molecule has 3 heterocycles. The van der Waals surface area contributed by atoms with Gasteiger partial charge in [0.2, 0.25) is 0 Å². The van der Waals surface area contributed by atoms with Crippen LogP contribution in [0.4, 0.5) is 0 Å². The molecule has 0 N–H and O–H groups in total. The first-order valence-electron chi connectivity index (χ1n) is 15.3. The van der Waals surface area contributed by atoms with E-state index in [1.807, 2.05) is 22.7 Å². The first-order valence-corrected chi connectivity index (χ1v) is 16.9. The summed E-state index contributed by atoms with van der Waals surface area (Å²) in [7, 11) is 0. The highest BCUT2D eigenvalue weighted by atomic mass is 32.1. The van der Waals surface area contributed by atoms with Crippen LogP contribution in [0.15, 0.2) is 152 Å². The Bertz CT molecular complexity index is 2760. The van der Waals surface area contributed by atoms with Crippen molar-refractivity contribution in [2.75, 3.05) is 0 Å². The summed E-state index contributed by atoms with van der Waals surface area (Å²) in [4.78, 5) is 0. The summed E-state index contributed by atoms with van der Waals surface area (Å²) in [6.45, 7) is 0. The Kier molecular flexibility index (Phi) is 5.39. The Balaban J connectivity index is 1.19. The van der Waals surface area contributed by atoms with E-state index in [0.29, 0.717) is 0 Å². The average Bonchev–Trinajstić information content (AvgIpc) is 3.77. The van der Waals surface area contributed by atoms with Gasteiger partial charge in [0.25, 0.3) is 0 Å². The van der Waals surface area contributed by atoms with Gasteiger partial charge in [-0.15, -0.1) is 22.7 Å². The molecular weight excluding hydrogens is 583 g/mol. The van der Waals surface area contributed by atoms with Crippen LogP contribution in [0.1, 0.15) is 0 Å². The lowest BCUT2D eigenvalue weighted by atomic mass is 10.0. The zero-order valence-corrected chi connectivity index (χ0v) is 25.8. The lowest BCUT2D eigenvalue weighted by Crippen LogP contribution is -1.94. The molecule has 0 saturated heterocycles. The molecule has 0 aliphatic rings. The smallest absolute Gasteiger partial charge is 0.0640 e. The summed E-state index contributed by atoms with van der Waals surface area (Å²) in [5.41, 5.74) is 8.69. The Morgan fingerprint density at radius 2 is 0.933 bits per heavy atom. The molecule has 3 heteroatoms. The number of nitrogens with zero attached hydrogens (tertiary/aromatic N) is 1. The highest BCUT2D eigenvalue weighted by Gasteiger charge is 2.17. The van der Waals surface area contributed by atoms with E-state index in [1.54, 1.807) is 0 Å². The highest BCUT2D eigenvalue weighted by Crippen LogP contribution is 2.43. The average molecular weight is 608 g/mol. The van der Waals surface area contributed by atoms with Crippen LogP contribution in [0, 0.1) is 0 Å². The highest BCUT2D eigenvalue weighted by molar-refractivity contribution is 7.26. The topological polar surface area (TPSA) is 4.93 Å². The van der Waals surface area contributed by atoms with Gasteiger partial charge in [0, 0.05) is 46.4 Å². The van der Waals surface area contributed by atoms with E-state index in [4.69, 9.17) is 0 Å². The van der Waals surface area contributed by atoms with E-state index in [-0.39, 0.29) is 0 Å². The van der Waals surface area contributed by atoms with Crippen LogP contribution in [0.3, 0.4) is 0 Å². The third-order valence-electron chi connectivity index (χ3n) is 9.21. The molecule has 0 unspecified atom stereocenters. The molecule has 10 rings (SSSR count). The number of hydrogen-bond donors (Lipinski definition) is 0. The van der Waals surface area contributed by atoms with Crippen molar-refractivity contribution in [3.63, 3.8) is 0 Å². The fourth-order valence-electron chi connectivity index (χ4n) is 7.09. The van der Waals surface area contributed by atoms with E-state index in [2.05, 4.69) is 156 Å². The SMILES string of the molecule is c1ccc(-c2ccc3c4ccccc4n(-c4cccc5c4sc4ccc(-c6ccc7sc8ccccc8c7c6)cc45)c3c2)cc1. The maximum atomic E-state index is 2.48. The molecule has 0 fully saturated rings. The minimum atomic E-state index is 1.23. The lowest BCUT2D eigenvalue weighted by Gasteiger charge is -2.10. The Hall–Kier alpha value is -5.22. The predicted octanol–water partition coefficient (Wildman–Crippen LogP) is 12.9. The third kappa shape index (κ3) is 3.78. The fourth-order valence-corrected chi connectivity index (χ4v) is 9.36. The Labute approximate surface area is 267 Å². The summed E-state index contributed by atoms with van der Waals surface area (Å²) < 4.78 is 7.79. The molecule has 0 radical (unpaired) electrons. The summed E-state index contributed by atoms with van der Waals surface area (Å²) in [5, 5.41) is 7.86. The van der Waals surface area contributed by atoms with Crippen molar-refractivity contribution in [1.29, 1.82) is 0 Å². The van der Waals surface area contributed by atoms with Gasteiger partial charge in [-0.2, -0.15) is 0 Å². The minimum absolute atomic E-state index is 1.23. The van der Waals surface area contributed by atoms with Crippen LogP contribution in [-0.2, 0) is 0 Å². The second kappa shape index (κ2) is 9.64. The van der Waals surface area contributed by atoms with Crippen molar-refractivity contribution in [3.8, 4) is 27.9 Å². The number of fused-ring (bicyclic) bond motifs is 9. The van der Waals surface area contributed by atoms with Gasteiger partial charge in [0.05, 0.1) is 21.4 Å². The first-order chi connectivity index (χ1) is 22.3. The van der Waals surface area contributed by atoms with Gasteiger partial charge >= 0.3 is 0 Å². The van der Waals surface area contributed by atoms with Gasteiger partial charge in [-0.25, -0.2) is 0 Å². The van der Waals surface area contributed by atoms with Crippen molar-refractivity contribution in [1.82, 2.24) is 4.57 Å². The van der Waals surface area contributed by atoms with Gasteiger partial charge in [0.1, 0.15) is 0 Å². The molecule has 0 aliphatic carbocycles. The number of para-hydroxylation sites is 1. The maximum absolute atomic E-state index is 2.48. The third-order valence-corrected chi connectivity index (χ3v) is 11.6. The number of benzene rings is 7. The van der Waals surface area contributed by atoms with Gasteiger partial charge in [-0.1, -0.05) is 103 Å². The second-order valence-electron chi connectivity index (χ2n) is 11.7. The summed E-state index contributed by atoms with van der Waals surface area (Å²) in [6, 6.07) is 55.9. The van der Waals surface area contributed by atoms with Crippen LogP contribution >= 0.6 is 22.7 Å². The Morgan fingerprint density at radius 3 is 1.78 bits per heavy atom. The van der Waals surface area contributed by atoms with Crippen molar-refractivity contribution in [3.05, 3.63) is 152 Å². The molecule has 0 spiro atoms. The van der Waals surface area contributed by atoms with Crippen LogP contribution < -0.4 is 0 Å². The van der Waals surface area contributed by atoms with Crippen molar-refractivity contribution in [2.24, 2.45) is 0 Å². The standard InChI is InChI=1S/C42H25NS2/c1-2-9-26(10-3-1)29-17-20-31-30-11-4-6-14-36(30)43(38(31)25-29)37-15-8-13-33-35-24-28(19-22-41(35)45-42(33)37)27-18-21-40-34(23-27)32-12-5-7-16-39(32)44-40/h1-25H. The normalized spacial score (nSPS) is 12.0. The van der Waals surface area contributed by atoms with E-state index >= 15 is 0 Å². The van der Waals surface area contributed by atoms with Crippen LogP contribution in [0.2, 0.25) is 0 Å². The zero-order chi connectivity index (χ0) is 29.5. The molecule has 0 saturated carbocycles. The molecule has 0 bridgehead atoms. The molecule has 7 aromatic carbocycles. The van der Waals surface area contributed by atoms with Crippen LogP contribution in [-0.4, -0.2) is 4.57 Å². The van der Waals surface area contributed by atoms with Gasteiger partial charge < -0.3 is 4.57 Å². The van der Waals surface area contributed by atoms with Gasteiger partial charge in [-0.05, 0) is 70.8 Å². The number of thiophene rings is 2. The molecule has 1 nitrogen and oxygen atoms in total. The number of aromatic nitrogens is 1. The largest absolute Gasteiger partial charge is 0.308 e. The molecule has 45 heavy (non-hydrogen) atoms. The first kappa shape index (κ1) is 25.1. The Morgan fingerprint density at radius 1 is 0.333 bits per heavy atom. The van der Waals surface area contributed by atoms with Crippen LogP contribution in [0.5, 0.6) is 0 Å². The summed E-state index contributed by atoms with van der Waals surface area (Å²) in [5.74, 6) is 0. The van der Waals surface area contributed by atoms with Crippen molar-refractivity contribution < 1.29 is 0 Å². The number of hydrogen-bond acceptors (Lipinski definition) is 2. The summed E-state index contributed by atoms with van der Waals surface area (Å²) >= 11 is 3.77. The molecule has 3 aromatic heterocycles. The second-order valence-corrected chi connectivity index (χ2v) is 13.9. The van der Waals surface area contributed by atoms with E-state index < -0.39 is 0 Å². The van der Waals surface area contributed by atoms with Gasteiger partial charge in [-0.3, -0.25) is 0 Å². The van der Waals surface area contributed by atoms with Crippen LogP contribution in [0.25, 0.3) is 90.1 Å². The summed E-state index contributed by atoms with van der Waals surface area (Å²) in [6.07, 6.45) is 0. The lowest BCUT2D eigenvalue weighted by molar-refractivity contribution is 1.20. The van der Waals surface area contributed by atoms with E-state index in [9.17, 15) is 0 Å².